The molecule has 0 spiro atoms. The van der Waals surface area contributed by atoms with E-state index in [-0.39, 0.29) is 5.91 Å². The summed E-state index contributed by atoms with van der Waals surface area (Å²) < 4.78 is 9.20. The predicted octanol–water partition coefficient (Wildman–Crippen LogP) is 2.78. The Bertz CT molecular complexity index is 711. The first kappa shape index (κ1) is 13.6. The Balaban J connectivity index is 1.67. The fourth-order valence-corrected chi connectivity index (χ4v) is 3.61. The fraction of sp³-hybridized carbons (Fsp3) is 0.375. The van der Waals surface area contributed by atoms with E-state index in [9.17, 15) is 4.79 Å². The summed E-state index contributed by atoms with van der Waals surface area (Å²) in [6, 6.07) is 10.5. The lowest BCUT2D eigenvalue weighted by atomic mass is 10.1. The molecular formula is C16H17N3O2S. The van der Waals surface area contributed by atoms with Gasteiger partial charge in [-0.15, -0.1) is 0 Å². The molecule has 0 bridgehead atoms. The third kappa shape index (κ3) is 2.23. The Morgan fingerprint density at radius 2 is 2.05 bits per heavy atom. The third-order valence-corrected chi connectivity index (χ3v) is 4.95. The number of methoxy groups -OCH3 is 1. The van der Waals surface area contributed by atoms with Crippen molar-refractivity contribution in [3.63, 3.8) is 0 Å². The van der Waals surface area contributed by atoms with Gasteiger partial charge in [0.15, 0.2) is 0 Å². The van der Waals surface area contributed by atoms with Gasteiger partial charge in [0.05, 0.1) is 18.5 Å². The molecule has 0 atom stereocenters. The largest absolute Gasteiger partial charge is 0.480 e. The Morgan fingerprint density at radius 3 is 2.73 bits per heavy atom. The van der Waals surface area contributed by atoms with E-state index in [0.29, 0.717) is 23.3 Å². The van der Waals surface area contributed by atoms with Gasteiger partial charge in [-0.3, -0.25) is 4.79 Å². The van der Waals surface area contributed by atoms with Crippen LogP contribution in [0.1, 0.15) is 22.5 Å². The highest BCUT2D eigenvalue weighted by Crippen LogP contribution is 2.40. The van der Waals surface area contributed by atoms with E-state index in [0.717, 1.165) is 12.2 Å². The second-order valence-electron chi connectivity index (χ2n) is 5.60. The lowest BCUT2D eigenvalue weighted by Gasteiger charge is -2.37. The number of hydrogen-bond donors (Lipinski definition) is 0. The van der Waals surface area contributed by atoms with E-state index in [4.69, 9.17) is 4.74 Å². The van der Waals surface area contributed by atoms with Gasteiger partial charge in [0.2, 0.25) is 5.88 Å². The number of amides is 1. The first-order valence-electron chi connectivity index (χ1n) is 7.46. The van der Waals surface area contributed by atoms with Crippen LogP contribution in [0.25, 0.3) is 0 Å². The van der Waals surface area contributed by atoms with Crippen LogP contribution >= 0.6 is 11.5 Å². The molecular weight excluding hydrogens is 298 g/mol. The van der Waals surface area contributed by atoms with Crippen molar-refractivity contribution in [3.05, 3.63) is 35.2 Å². The Labute approximate surface area is 133 Å². The second kappa shape index (κ2) is 5.28. The quantitative estimate of drug-likeness (QED) is 0.874. The van der Waals surface area contributed by atoms with Crippen LogP contribution in [-0.4, -0.2) is 36.5 Å². The molecule has 1 aromatic carbocycles. The summed E-state index contributed by atoms with van der Waals surface area (Å²) in [4.78, 5) is 17.7. The van der Waals surface area contributed by atoms with Gasteiger partial charge in [0, 0.05) is 25.2 Å². The topological polar surface area (TPSA) is 45.7 Å². The smallest absolute Gasteiger partial charge is 0.270 e. The Morgan fingerprint density at radius 1 is 1.27 bits per heavy atom. The molecule has 1 fully saturated rings. The standard InChI is InChI=1S/C16H17N3O2S/c1-21-15-10-14(22-17-15)16(20)19-9-8-18(11-6-7-11)12-4-2-3-5-13(12)19/h2-5,10-11H,6-9H2,1H3. The van der Waals surface area contributed by atoms with E-state index in [1.54, 1.807) is 13.2 Å². The highest BCUT2D eigenvalue weighted by atomic mass is 32.1. The van der Waals surface area contributed by atoms with Crippen molar-refractivity contribution >= 4 is 28.8 Å². The molecule has 0 N–H and O–H groups in total. The molecule has 1 aromatic heterocycles. The number of ether oxygens (including phenoxy) is 1. The van der Waals surface area contributed by atoms with Crippen molar-refractivity contribution in [2.24, 2.45) is 0 Å². The van der Waals surface area contributed by atoms with Crippen LogP contribution in [0.2, 0.25) is 0 Å². The van der Waals surface area contributed by atoms with E-state index in [1.807, 2.05) is 23.1 Å². The van der Waals surface area contributed by atoms with Crippen molar-refractivity contribution in [2.45, 2.75) is 18.9 Å². The monoisotopic (exact) mass is 315 g/mol. The van der Waals surface area contributed by atoms with Crippen molar-refractivity contribution < 1.29 is 9.53 Å². The maximum Gasteiger partial charge on any atom is 0.270 e. The van der Waals surface area contributed by atoms with Crippen LogP contribution < -0.4 is 14.5 Å². The molecule has 1 aliphatic carbocycles. The second-order valence-corrected chi connectivity index (χ2v) is 6.41. The molecule has 114 valence electrons. The molecule has 2 aromatic rings. The first-order valence-corrected chi connectivity index (χ1v) is 8.23. The molecule has 0 radical (unpaired) electrons. The average molecular weight is 315 g/mol. The van der Waals surface area contributed by atoms with Crippen molar-refractivity contribution in [3.8, 4) is 5.88 Å². The number of aromatic nitrogens is 1. The highest BCUT2D eigenvalue weighted by Gasteiger charge is 2.35. The lowest BCUT2D eigenvalue weighted by molar-refractivity contribution is 0.0990. The number of hydrogen-bond acceptors (Lipinski definition) is 5. The number of fused-ring (bicyclic) bond motifs is 1. The van der Waals surface area contributed by atoms with Crippen LogP contribution in [0.3, 0.4) is 0 Å². The number of para-hydroxylation sites is 2. The summed E-state index contributed by atoms with van der Waals surface area (Å²) in [6.07, 6.45) is 2.52. The normalized spacial score (nSPS) is 17.3. The number of carbonyl (C=O) groups excluding carboxylic acids is 1. The van der Waals surface area contributed by atoms with Crippen LogP contribution in [-0.2, 0) is 0 Å². The zero-order valence-electron chi connectivity index (χ0n) is 12.4. The van der Waals surface area contributed by atoms with Crippen LogP contribution in [0, 0.1) is 0 Å². The third-order valence-electron chi connectivity index (χ3n) is 4.19. The minimum atomic E-state index is 0.00342. The number of carbonyl (C=O) groups is 1. The molecule has 22 heavy (non-hydrogen) atoms. The van der Waals surface area contributed by atoms with Gasteiger partial charge in [-0.2, -0.15) is 4.37 Å². The van der Waals surface area contributed by atoms with E-state index >= 15 is 0 Å². The molecule has 2 heterocycles. The summed E-state index contributed by atoms with van der Waals surface area (Å²) >= 11 is 1.19. The van der Waals surface area contributed by atoms with Crippen molar-refractivity contribution in [1.82, 2.24) is 4.37 Å². The summed E-state index contributed by atoms with van der Waals surface area (Å²) in [6.45, 7) is 1.61. The van der Waals surface area contributed by atoms with Crippen molar-refractivity contribution in [1.29, 1.82) is 0 Å². The minimum Gasteiger partial charge on any atom is -0.480 e. The van der Waals surface area contributed by atoms with Crippen molar-refractivity contribution in [2.75, 3.05) is 30.0 Å². The molecule has 0 saturated heterocycles. The molecule has 6 heteroatoms. The minimum absolute atomic E-state index is 0.00342. The zero-order chi connectivity index (χ0) is 15.1. The van der Waals surface area contributed by atoms with Crippen LogP contribution in [0.5, 0.6) is 5.88 Å². The maximum atomic E-state index is 12.8. The molecule has 4 rings (SSSR count). The van der Waals surface area contributed by atoms with Gasteiger partial charge >= 0.3 is 0 Å². The van der Waals surface area contributed by atoms with Gasteiger partial charge in [-0.05, 0) is 36.5 Å². The van der Waals surface area contributed by atoms with Gasteiger partial charge in [0.25, 0.3) is 5.91 Å². The molecule has 5 nitrogen and oxygen atoms in total. The Kier molecular flexibility index (Phi) is 3.26. The summed E-state index contributed by atoms with van der Waals surface area (Å²) in [7, 11) is 1.56. The van der Waals surface area contributed by atoms with E-state index in [2.05, 4.69) is 15.3 Å². The molecule has 2 aliphatic rings. The first-order chi connectivity index (χ1) is 10.8. The van der Waals surface area contributed by atoms with E-state index in [1.165, 1.54) is 30.1 Å². The maximum absolute atomic E-state index is 12.8. The van der Waals surface area contributed by atoms with Gasteiger partial charge < -0.3 is 14.5 Å². The predicted molar refractivity (Wildman–Crippen MR) is 87.2 cm³/mol. The lowest BCUT2D eigenvalue weighted by Crippen LogP contribution is -2.44. The highest BCUT2D eigenvalue weighted by molar-refractivity contribution is 7.08. The van der Waals surface area contributed by atoms with Gasteiger partial charge in [-0.25, -0.2) is 0 Å². The van der Waals surface area contributed by atoms with E-state index < -0.39 is 0 Å². The van der Waals surface area contributed by atoms with Crippen LogP contribution in [0.4, 0.5) is 11.4 Å². The molecule has 1 aliphatic heterocycles. The molecule has 1 amide bonds. The SMILES string of the molecule is COc1cc(C(=O)N2CCN(C3CC3)c3ccccc32)sn1. The Hall–Kier alpha value is -2.08. The fourth-order valence-electron chi connectivity index (χ4n) is 2.95. The molecule has 0 unspecified atom stereocenters. The van der Waals surface area contributed by atoms with Gasteiger partial charge in [-0.1, -0.05) is 12.1 Å². The summed E-state index contributed by atoms with van der Waals surface area (Å²) in [5, 5.41) is 0. The molecule has 1 saturated carbocycles. The zero-order valence-corrected chi connectivity index (χ0v) is 13.2. The summed E-state index contributed by atoms with van der Waals surface area (Å²) in [5.41, 5.74) is 2.17. The average Bonchev–Trinajstić information content (AvgIpc) is 3.29. The van der Waals surface area contributed by atoms with Crippen LogP contribution in [0.15, 0.2) is 30.3 Å². The number of anilines is 2. The summed E-state index contributed by atoms with van der Waals surface area (Å²) in [5.74, 6) is 0.502. The number of rotatable bonds is 3. The number of nitrogens with zero attached hydrogens (tertiary/aromatic N) is 3. The number of benzene rings is 1. The van der Waals surface area contributed by atoms with Gasteiger partial charge in [0.1, 0.15) is 4.88 Å².